The predicted octanol–water partition coefficient (Wildman–Crippen LogP) is 2.18. The molecule has 0 aromatic heterocycles. The molecule has 0 bridgehead atoms. The molecule has 2 heterocycles. The molecule has 0 saturated carbocycles. The zero-order valence-corrected chi connectivity index (χ0v) is 17.1. The second-order valence-corrected chi connectivity index (χ2v) is 8.61. The van der Waals surface area contributed by atoms with Gasteiger partial charge in [0.15, 0.2) is 11.5 Å². The lowest BCUT2D eigenvalue weighted by Crippen LogP contribution is -2.45. The van der Waals surface area contributed by atoms with E-state index in [2.05, 4.69) is 16.7 Å². The van der Waals surface area contributed by atoms with Crippen molar-refractivity contribution in [1.82, 2.24) is 10.6 Å². The van der Waals surface area contributed by atoms with Crippen molar-refractivity contribution in [3.05, 3.63) is 34.4 Å². The summed E-state index contributed by atoms with van der Waals surface area (Å²) in [6.07, 6.45) is 0. The van der Waals surface area contributed by atoms with Crippen molar-refractivity contribution in [2.24, 2.45) is 11.3 Å². The number of allylic oxidation sites excluding steroid dienone is 1. The number of amides is 2. The topological polar surface area (TPSA) is 124 Å². The van der Waals surface area contributed by atoms with E-state index in [0.29, 0.717) is 28.6 Å². The summed E-state index contributed by atoms with van der Waals surface area (Å²) >= 11 is 1.09. The average Bonchev–Trinajstić information content (AvgIpc) is 3.13. The molecule has 2 atom stereocenters. The molecular formula is C20H20N4O4S. The van der Waals surface area contributed by atoms with Crippen molar-refractivity contribution >= 4 is 23.6 Å². The van der Waals surface area contributed by atoms with Gasteiger partial charge in [-0.15, -0.1) is 0 Å². The van der Waals surface area contributed by atoms with Crippen molar-refractivity contribution in [1.29, 1.82) is 10.5 Å². The molecule has 2 N–H and O–H groups in total. The number of carbonyl (C=O) groups excluding carboxylic acids is 2. The summed E-state index contributed by atoms with van der Waals surface area (Å²) in [4.78, 5) is 24.8. The van der Waals surface area contributed by atoms with Crippen LogP contribution in [0.1, 0.15) is 26.3 Å². The second-order valence-electron chi connectivity index (χ2n) is 7.25. The SMILES string of the molecule is C[C@H](SC1=C(C#N)C(C)(C)[C@@H](C#N)C(=O)N1)C(=O)NCc1ccc2c(c1)OCO2. The molecule has 2 aliphatic heterocycles. The summed E-state index contributed by atoms with van der Waals surface area (Å²) in [5.41, 5.74) is 0.224. The number of fused-ring (bicyclic) bond motifs is 1. The molecule has 150 valence electrons. The van der Waals surface area contributed by atoms with Crippen LogP contribution < -0.4 is 20.1 Å². The van der Waals surface area contributed by atoms with Gasteiger partial charge in [-0.05, 0) is 24.6 Å². The monoisotopic (exact) mass is 412 g/mol. The summed E-state index contributed by atoms with van der Waals surface area (Å²) in [5, 5.41) is 24.1. The number of thioether (sulfide) groups is 1. The van der Waals surface area contributed by atoms with E-state index in [1.807, 2.05) is 18.2 Å². The summed E-state index contributed by atoms with van der Waals surface area (Å²) < 4.78 is 10.6. The number of rotatable bonds is 5. The minimum absolute atomic E-state index is 0.184. The highest BCUT2D eigenvalue weighted by atomic mass is 32.2. The number of nitrogens with one attached hydrogen (secondary N) is 2. The first-order valence-electron chi connectivity index (χ1n) is 8.96. The molecule has 0 fully saturated rings. The Balaban J connectivity index is 1.67. The Bertz CT molecular complexity index is 974. The van der Waals surface area contributed by atoms with Crippen LogP contribution in [0.4, 0.5) is 0 Å². The number of benzene rings is 1. The van der Waals surface area contributed by atoms with Gasteiger partial charge in [0, 0.05) is 12.0 Å². The molecule has 9 heteroatoms. The van der Waals surface area contributed by atoms with E-state index in [4.69, 9.17) is 9.47 Å². The smallest absolute Gasteiger partial charge is 0.243 e. The molecule has 0 aliphatic carbocycles. The molecule has 3 rings (SSSR count). The average molecular weight is 412 g/mol. The van der Waals surface area contributed by atoms with Gasteiger partial charge in [-0.3, -0.25) is 9.59 Å². The van der Waals surface area contributed by atoms with Gasteiger partial charge in [0.1, 0.15) is 5.92 Å². The number of carbonyl (C=O) groups is 2. The molecule has 1 aromatic carbocycles. The summed E-state index contributed by atoms with van der Waals surface area (Å²) in [5.74, 6) is -0.357. The van der Waals surface area contributed by atoms with Gasteiger partial charge in [0.25, 0.3) is 0 Å². The Morgan fingerprint density at radius 2 is 2.10 bits per heavy atom. The molecule has 2 aliphatic rings. The Hall–Kier alpha value is -3.17. The third-order valence-electron chi connectivity index (χ3n) is 4.90. The Kier molecular flexibility index (Phi) is 5.71. The number of nitriles is 2. The normalized spacial score (nSPS) is 20.3. The third kappa shape index (κ3) is 4.01. The Morgan fingerprint density at radius 1 is 1.38 bits per heavy atom. The Morgan fingerprint density at radius 3 is 2.79 bits per heavy atom. The fraction of sp³-hybridized carbons (Fsp3) is 0.400. The van der Waals surface area contributed by atoms with Gasteiger partial charge >= 0.3 is 0 Å². The first-order chi connectivity index (χ1) is 13.8. The van der Waals surface area contributed by atoms with Crippen molar-refractivity contribution in [2.75, 3.05) is 6.79 Å². The van der Waals surface area contributed by atoms with Crippen LogP contribution in [0.15, 0.2) is 28.8 Å². The molecular weight excluding hydrogens is 392 g/mol. The lowest BCUT2D eigenvalue weighted by atomic mass is 9.72. The molecule has 29 heavy (non-hydrogen) atoms. The molecule has 1 aromatic rings. The van der Waals surface area contributed by atoms with Gasteiger partial charge in [-0.25, -0.2) is 0 Å². The van der Waals surface area contributed by atoms with E-state index in [9.17, 15) is 20.1 Å². The van der Waals surface area contributed by atoms with E-state index in [1.165, 1.54) is 0 Å². The fourth-order valence-electron chi connectivity index (χ4n) is 3.13. The highest BCUT2D eigenvalue weighted by molar-refractivity contribution is 8.04. The predicted molar refractivity (Wildman–Crippen MR) is 105 cm³/mol. The summed E-state index contributed by atoms with van der Waals surface area (Å²) in [7, 11) is 0. The van der Waals surface area contributed by atoms with Crippen LogP contribution in [0.2, 0.25) is 0 Å². The lowest BCUT2D eigenvalue weighted by Gasteiger charge is -2.35. The van der Waals surface area contributed by atoms with Crippen molar-refractivity contribution in [3.63, 3.8) is 0 Å². The molecule has 8 nitrogen and oxygen atoms in total. The number of hydrogen-bond acceptors (Lipinski definition) is 7. The quantitative estimate of drug-likeness (QED) is 0.759. The maximum atomic E-state index is 12.5. The largest absolute Gasteiger partial charge is 0.454 e. The van der Waals surface area contributed by atoms with Crippen LogP contribution in [0, 0.1) is 34.0 Å². The highest BCUT2D eigenvalue weighted by Crippen LogP contribution is 2.42. The van der Waals surface area contributed by atoms with Crippen LogP contribution in [-0.2, 0) is 16.1 Å². The van der Waals surface area contributed by atoms with Gasteiger partial charge in [-0.1, -0.05) is 31.7 Å². The first-order valence-corrected chi connectivity index (χ1v) is 9.84. The van der Waals surface area contributed by atoms with Crippen LogP contribution in [0.3, 0.4) is 0 Å². The summed E-state index contributed by atoms with van der Waals surface area (Å²) in [6, 6.07) is 9.48. The van der Waals surface area contributed by atoms with Crippen molar-refractivity contribution in [3.8, 4) is 23.6 Å². The molecule has 2 amide bonds. The maximum absolute atomic E-state index is 12.5. The maximum Gasteiger partial charge on any atom is 0.243 e. The van der Waals surface area contributed by atoms with Crippen LogP contribution in [-0.4, -0.2) is 23.9 Å². The van der Waals surface area contributed by atoms with Gasteiger partial charge in [-0.2, -0.15) is 10.5 Å². The summed E-state index contributed by atoms with van der Waals surface area (Å²) in [6.45, 7) is 5.55. The molecule has 0 unspecified atom stereocenters. The minimum atomic E-state index is -0.961. The number of hydrogen-bond donors (Lipinski definition) is 2. The first kappa shape index (κ1) is 20.6. The fourth-order valence-corrected chi connectivity index (χ4v) is 4.26. The third-order valence-corrected chi connectivity index (χ3v) is 6.01. The van der Waals surface area contributed by atoms with Crippen LogP contribution >= 0.6 is 11.8 Å². The zero-order chi connectivity index (χ0) is 21.2. The minimum Gasteiger partial charge on any atom is -0.454 e. The van der Waals surface area contributed by atoms with Gasteiger partial charge in [0.2, 0.25) is 18.6 Å². The molecule has 0 spiro atoms. The second kappa shape index (κ2) is 8.06. The van der Waals surface area contributed by atoms with Crippen LogP contribution in [0.5, 0.6) is 11.5 Å². The van der Waals surface area contributed by atoms with Gasteiger partial charge in [0.05, 0.1) is 28.0 Å². The van der Waals surface area contributed by atoms with Crippen LogP contribution in [0.25, 0.3) is 0 Å². The number of ether oxygens (including phenoxy) is 2. The van der Waals surface area contributed by atoms with Crippen molar-refractivity contribution < 1.29 is 19.1 Å². The van der Waals surface area contributed by atoms with E-state index in [0.717, 1.165) is 17.3 Å². The highest BCUT2D eigenvalue weighted by Gasteiger charge is 2.45. The van der Waals surface area contributed by atoms with Crippen molar-refractivity contribution in [2.45, 2.75) is 32.6 Å². The Labute approximate surface area is 172 Å². The number of nitrogens with zero attached hydrogens (tertiary/aromatic N) is 2. The molecule has 0 radical (unpaired) electrons. The van der Waals surface area contributed by atoms with Gasteiger partial charge < -0.3 is 20.1 Å². The lowest BCUT2D eigenvalue weighted by molar-refractivity contribution is -0.125. The van der Waals surface area contributed by atoms with E-state index < -0.39 is 22.5 Å². The van der Waals surface area contributed by atoms with E-state index in [1.54, 1.807) is 26.8 Å². The zero-order valence-electron chi connectivity index (χ0n) is 16.2. The standard InChI is InChI=1S/C20H20N4O4S/c1-11(17(25)23-9-12-4-5-15-16(6-12)28-10-27-15)29-19-14(8-22)20(2,3)13(7-21)18(26)24-19/h4-6,11,13H,9-10H2,1-3H3,(H,23,25)(H,24,26)/t11-,13-/m0/s1. The van der Waals surface area contributed by atoms with E-state index in [-0.39, 0.29) is 12.7 Å². The molecule has 0 saturated heterocycles. The van der Waals surface area contributed by atoms with E-state index >= 15 is 0 Å².